The first-order valence-corrected chi connectivity index (χ1v) is 11.4. The lowest BCUT2D eigenvalue weighted by molar-refractivity contribution is 0.0702. The molecular formula is C19H21ClN4O5S. The van der Waals surface area contributed by atoms with Crippen molar-refractivity contribution in [3.05, 3.63) is 68.6 Å². The molecule has 2 aromatic rings. The van der Waals surface area contributed by atoms with Crippen molar-refractivity contribution in [2.45, 2.75) is 13.1 Å². The minimum absolute atomic E-state index is 0.0484. The minimum atomic E-state index is -3.35. The number of rotatable bonds is 7. The third-order valence-corrected chi connectivity index (χ3v) is 5.61. The van der Waals surface area contributed by atoms with Gasteiger partial charge in [-0.05, 0) is 29.8 Å². The molecule has 0 aliphatic carbocycles. The topological polar surface area (TPSA) is 118 Å². The molecule has 11 heteroatoms. The molecule has 0 radical (unpaired) electrons. The van der Waals surface area contributed by atoms with Crippen LogP contribution in [0.4, 0.5) is 0 Å². The van der Waals surface area contributed by atoms with Gasteiger partial charge in [0.05, 0.1) is 6.26 Å². The molecule has 0 bridgehead atoms. The van der Waals surface area contributed by atoms with Crippen LogP contribution in [0.3, 0.4) is 0 Å². The van der Waals surface area contributed by atoms with Gasteiger partial charge in [-0.15, -0.1) is 0 Å². The highest BCUT2D eigenvalue weighted by Crippen LogP contribution is 2.12. The van der Waals surface area contributed by atoms with Crippen molar-refractivity contribution in [1.29, 1.82) is 0 Å². The molecule has 30 heavy (non-hydrogen) atoms. The van der Waals surface area contributed by atoms with Gasteiger partial charge < -0.3 is 14.8 Å². The van der Waals surface area contributed by atoms with Gasteiger partial charge in [0.1, 0.15) is 11.3 Å². The summed E-state index contributed by atoms with van der Waals surface area (Å²) in [5.74, 6) is -0.917. The molecule has 2 N–H and O–H groups in total. The molecule has 0 saturated heterocycles. The van der Waals surface area contributed by atoms with Crippen LogP contribution in [0.5, 0.6) is 0 Å². The number of benzene rings is 1. The van der Waals surface area contributed by atoms with Crippen LogP contribution in [-0.4, -0.2) is 55.6 Å². The quantitative estimate of drug-likeness (QED) is 0.632. The second kappa shape index (κ2) is 8.99. The number of nitrogens with one attached hydrogen (secondary N) is 2. The second-order valence-electron chi connectivity index (χ2n) is 6.86. The predicted molar refractivity (Wildman–Crippen MR) is 112 cm³/mol. The number of halogens is 1. The summed E-state index contributed by atoms with van der Waals surface area (Å²) in [7, 11) is -3.35. The molecular weight excluding hydrogens is 432 g/mol. The van der Waals surface area contributed by atoms with Crippen molar-refractivity contribution in [2.24, 2.45) is 0 Å². The maximum absolute atomic E-state index is 12.7. The molecule has 0 saturated carbocycles. The lowest BCUT2D eigenvalue weighted by Gasteiger charge is -2.29. The SMILES string of the molecule is CS(=O)(=O)NCCN1CCn2c(ccc(C(=O)NCc3ccc(Cl)cc3)c2=O)C1=O. The Morgan fingerprint density at radius 2 is 1.80 bits per heavy atom. The molecule has 0 unspecified atom stereocenters. The van der Waals surface area contributed by atoms with E-state index in [1.165, 1.54) is 21.6 Å². The highest BCUT2D eigenvalue weighted by Gasteiger charge is 2.27. The Morgan fingerprint density at radius 1 is 1.10 bits per heavy atom. The number of sulfonamides is 1. The number of nitrogens with zero attached hydrogens (tertiary/aromatic N) is 2. The van der Waals surface area contributed by atoms with E-state index in [9.17, 15) is 22.8 Å². The number of carbonyl (C=O) groups excluding carboxylic acids is 2. The summed E-state index contributed by atoms with van der Waals surface area (Å²) in [6.07, 6.45) is 1.04. The van der Waals surface area contributed by atoms with E-state index < -0.39 is 21.5 Å². The Morgan fingerprint density at radius 3 is 2.47 bits per heavy atom. The van der Waals surface area contributed by atoms with Crippen LogP contribution in [0.25, 0.3) is 0 Å². The summed E-state index contributed by atoms with van der Waals surface area (Å²) in [5, 5.41) is 3.28. The number of amides is 2. The van der Waals surface area contributed by atoms with Gasteiger partial charge in [0, 0.05) is 37.7 Å². The van der Waals surface area contributed by atoms with Crippen molar-refractivity contribution in [1.82, 2.24) is 19.5 Å². The second-order valence-corrected chi connectivity index (χ2v) is 9.13. The summed E-state index contributed by atoms with van der Waals surface area (Å²) in [5.41, 5.74) is 0.412. The Balaban J connectivity index is 1.69. The fraction of sp³-hybridized carbons (Fsp3) is 0.316. The highest BCUT2D eigenvalue weighted by molar-refractivity contribution is 7.88. The summed E-state index contributed by atoms with van der Waals surface area (Å²) in [6, 6.07) is 9.74. The summed E-state index contributed by atoms with van der Waals surface area (Å²) in [4.78, 5) is 39.3. The number of hydrogen-bond acceptors (Lipinski definition) is 5. The first-order chi connectivity index (χ1) is 14.2. The summed E-state index contributed by atoms with van der Waals surface area (Å²) in [6.45, 7) is 0.963. The normalized spacial score (nSPS) is 13.8. The molecule has 1 aromatic heterocycles. The van der Waals surface area contributed by atoms with Gasteiger partial charge in [0.2, 0.25) is 10.0 Å². The molecule has 9 nitrogen and oxygen atoms in total. The average Bonchev–Trinajstić information content (AvgIpc) is 2.68. The predicted octanol–water partition coefficient (Wildman–Crippen LogP) is 0.437. The minimum Gasteiger partial charge on any atom is -0.348 e. The molecule has 160 valence electrons. The fourth-order valence-corrected chi connectivity index (χ4v) is 3.69. The number of hydrogen-bond donors (Lipinski definition) is 2. The molecule has 1 aliphatic heterocycles. The molecule has 3 rings (SSSR count). The van der Waals surface area contributed by atoms with E-state index in [-0.39, 0.29) is 49.9 Å². The maximum Gasteiger partial charge on any atom is 0.270 e. The molecule has 1 aromatic carbocycles. The Bertz CT molecular complexity index is 1130. The number of pyridine rings is 1. The van der Waals surface area contributed by atoms with Gasteiger partial charge in [0.15, 0.2) is 0 Å². The number of aromatic nitrogens is 1. The Hall–Kier alpha value is -2.69. The van der Waals surface area contributed by atoms with E-state index in [1.54, 1.807) is 24.3 Å². The van der Waals surface area contributed by atoms with Crippen LogP contribution < -0.4 is 15.6 Å². The average molecular weight is 453 g/mol. The molecule has 2 amide bonds. The highest BCUT2D eigenvalue weighted by atomic mass is 35.5. The number of carbonyl (C=O) groups is 2. The van der Waals surface area contributed by atoms with Crippen molar-refractivity contribution in [3.63, 3.8) is 0 Å². The third kappa shape index (κ3) is 5.26. The lowest BCUT2D eigenvalue weighted by atomic mass is 10.1. The zero-order valence-corrected chi connectivity index (χ0v) is 17.8. The first kappa shape index (κ1) is 22.0. The van der Waals surface area contributed by atoms with Crippen LogP contribution in [-0.2, 0) is 23.1 Å². The van der Waals surface area contributed by atoms with E-state index in [1.807, 2.05) is 0 Å². The fourth-order valence-electron chi connectivity index (χ4n) is 3.10. The van der Waals surface area contributed by atoms with Crippen molar-refractivity contribution in [3.8, 4) is 0 Å². The van der Waals surface area contributed by atoms with E-state index in [2.05, 4.69) is 10.0 Å². The standard InChI is InChI=1S/C19H21ClN4O5S/c1-30(28,29)22-8-9-23-10-11-24-16(19(23)27)7-6-15(18(24)26)17(25)21-12-13-2-4-14(20)5-3-13/h2-7,22H,8-12H2,1H3,(H,21,25). The van der Waals surface area contributed by atoms with Gasteiger partial charge in [-0.3, -0.25) is 14.4 Å². The van der Waals surface area contributed by atoms with Crippen molar-refractivity contribution >= 4 is 33.4 Å². The van der Waals surface area contributed by atoms with Crippen LogP contribution in [0, 0.1) is 0 Å². The van der Waals surface area contributed by atoms with Gasteiger partial charge in [-0.2, -0.15) is 0 Å². The zero-order chi connectivity index (χ0) is 21.9. The van der Waals surface area contributed by atoms with Gasteiger partial charge in [0.25, 0.3) is 17.4 Å². The Labute approximate surface area is 178 Å². The van der Waals surface area contributed by atoms with Crippen molar-refractivity contribution < 1.29 is 18.0 Å². The summed E-state index contributed by atoms with van der Waals surface area (Å²) < 4.78 is 25.9. The molecule has 2 heterocycles. The Kier molecular flexibility index (Phi) is 6.59. The van der Waals surface area contributed by atoms with Gasteiger partial charge in [-0.25, -0.2) is 13.1 Å². The van der Waals surface area contributed by atoms with Crippen LogP contribution in [0.2, 0.25) is 5.02 Å². The monoisotopic (exact) mass is 452 g/mol. The summed E-state index contributed by atoms with van der Waals surface area (Å²) >= 11 is 5.84. The van der Waals surface area contributed by atoms with Crippen molar-refractivity contribution in [2.75, 3.05) is 25.9 Å². The third-order valence-electron chi connectivity index (χ3n) is 4.63. The van der Waals surface area contributed by atoms with Gasteiger partial charge >= 0.3 is 0 Å². The lowest BCUT2D eigenvalue weighted by Crippen LogP contribution is -2.48. The number of fused-ring (bicyclic) bond motifs is 1. The van der Waals surface area contributed by atoms with Gasteiger partial charge in [-0.1, -0.05) is 23.7 Å². The molecule has 0 atom stereocenters. The smallest absolute Gasteiger partial charge is 0.270 e. The van der Waals surface area contributed by atoms with Crippen LogP contribution in [0.1, 0.15) is 26.4 Å². The van der Waals surface area contributed by atoms with E-state index in [0.29, 0.717) is 5.02 Å². The molecule has 0 spiro atoms. The molecule has 0 fully saturated rings. The van der Waals surface area contributed by atoms with E-state index in [4.69, 9.17) is 11.6 Å². The maximum atomic E-state index is 12.7. The van der Waals surface area contributed by atoms with E-state index in [0.717, 1.165) is 11.8 Å². The van der Waals surface area contributed by atoms with E-state index >= 15 is 0 Å². The first-order valence-electron chi connectivity index (χ1n) is 9.16. The zero-order valence-electron chi connectivity index (χ0n) is 16.2. The van der Waals surface area contributed by atoms with Crippen LogP contribution in [0.15, 0.2) is 41.2 Å². The van der Waals surface area contributed by atoms with Crippen LogP contribution >= 0.6 is 11.6 Å². The molecule has 1 aliphatic rings. The largest absolute Gasteiger partial charge is 0.348 e.